The minimum absolute atomic E-state index is 0.0330. The molecule has 0 saturated carbocycles. The number of rotatable bonds is 4. The van der Waals surface area contributed by atoms with Crippen molar-refractivity contribution in [1.82, 2.24) is 5.32 Å². The molecule has 13 heavy (non-hydrogen) atoms. The van der Waals surface area contributed by atoms with Gasteiger partial charge in [-0.05, 0) is 12.8 Å². The van der Waals surface area contributed by atoms with Crippen LogP contribution in [0.1, 0.15) is 19.3 Å². The lowest BCUT2D eigenvalue weighted by atomic mass is 9.97. The van der Waals surface area contributed by atoms with Crippen LogP contribution in [0.3, 0.4) is 0 Å². The molecule has 1 fully saturated rings. The molecule has 0 aromatic heterocycles. The molecule has 0 unspecified atom stereocenters. The molecule has 74 valence electrons. The van der Waals surface area contributed by atoms with Crippen LogP contribution in [0.15, 0.2) is 0 Å². The van der Waals surface area contributed by atoms with Crippen molar-refractivity contribution < 1.29 is 9.59 Å². The summed E-state index contributed by atoms with van der Waals surface area (Å²) in [5.74, 6) is -0.403. The molecule has 5 N–H and O–H groups in total. The molecular weight excluding hydrogens is 170 g/mol. The lowest BCUT2D eigenvalue weighted by Crippen LogP contribution is -2.31. The SMILES string of the molecule is NC(=O)C[C@@H](N)C[C@@H]1CCNC1=O. The van der Waals surface area contributed by atoms with E-state index >= 15 is 0 Å². The zero-order valence-corrected chi connectivity index (χ0v) is 7.45. The fourth-order valence-corrected chi connectivity index (χ4v) is 1.58. The van der Waals surface area contributed by atoms with Crippen molar-refractivity contribution in [3.8, 4) is 0 Å². The summed E-state index contributed by atoms with van der Waals surface area (Å²) in [5, 5.41) is 2.72. The Bertz CT molecular complexity index is 217. The third kappa shape index (κ3) is 3.02. The van der Waals surface area contributed by atoms with Crippen molar-refractivity contribution in [1.29, 1.82) is 0 Å². The van der Waals surface area contributed by atoms with Gasteiger partial charge in [0.05, 0.1) is 0 Å². The molecule has 1 rings (SSSR count). The van der Waals surface area contributed by atoms with Crippen molar-refractivity contribution >= 4 is 11.8 Å². The first-order valence-electron chi connectivity index (χ1n) is 4.41. The normalized spacial score (nSPS) is 24.1. The highest BCUT2D eigenvalue weighted by atomic mass is 16.2. The van der Waals surface area contributed by atoms with Crippen molar-refractivity contribution in [2.45, 2.75) is 25.3 Å². The van der Waals surface area contributed by atoms with Crippen LogP contribution in [0.4, 0.5) is 0 Å². The molecule has 2 atom stereocenters. The standard InChI is InChI=1S/C8H15N3O2/c9-6(4-7(10)12)3-5-1-2-11-8(5)13/h5-6H,1-4,9H2,(H2,10,12)(H,11,13)/t5-,6-/m0/s1. The van der Waals surface area contributed by atoms with Crippen LogP contribution in [0.5, 0.6) is 0 Å². The summed E-state index contributed by atoms with van der Waals surface area (Å²) in [7, 11) is 0. The van der Waals surface area contributed by atoms with E-state index in [0.717, 1.165) is 6.42 Å². The van der Waals surface area contributed by atoms with Gasteiger partial charge in [0, 0.05) is 24.9 Å². The fourth-order valence-electron chi connectivity index (χ4n) is 1.58. The molecule has 1 aliphatic heterocycles. The van der Waals surface area contributed by atoms with Crippen LogP contribution in [0.25, 0.3) is 0 Å². The van der Waals surface area contributed by atoms with Crippen LogP contribution in [-0.2, 0) is 9.59 Å². The summed E-state index contributed by atoms with van der Waals surface area (Å²) in [6.45, 7) is 0.715. The van der Waals surface area contributed by atoms with Crippen LogP contribution < -0.4 is 16.8 Å². The van der Waals surface area contributed by atoms with Gasteiger partial charge < -0.3 is 16.8 Å². The smallest absolute Gasteiger partial charge is 0.223 e. The van der Waals surface area contributed by atoms with Crippen molar-refractivity contribution in [2.75, 3.05) is 6.54 Å². The Morgan fingerprint density at radius 2 is 2.38 bits per heavy atom. The van der Waals surface area contributed by atoms with E-state index in [4.69, 9.17) is 11.5 Å². The molecule has 2 amide bonds. The Labute approximate surface area is 76.8 Å². The fraction of sp³-hybridized carbons (Fsp3) is 0.750. The lowest BCUT2D eigenvalue weighted by Gasteiger charge is -2.12. The number of nitrogens with one attached hydrogen (secondary N) is 1. The predicted octanol–water partition coefficient (Wildman–Crippen LogP) is -1.28. The molecule has 0 radical (unpaired) electrons. The maximum atomic E-state index is 11.1. The predicted molar refractivity (Wildman–Crippen MR) is 47.5 cm³/mol. The van der Waals surface area contributed by atoms with Gasteiger partial charge in [0.1, 0.15) is 0 Å². The van der Waals surface area contributed by atoms with Gasteiger partial charge in [0.25, 0.3) is 0 Å². The average molecular weight is 185 g/mol. The van der Waals surface area contributed by atoms with Crippen molar-refractivity contribution in [2.24, 2.45) is 17.4 Å². The molecule has 0 spiro atoms. The maximum absolute atomic E-state index is 11.1. The first-order valence-corrected chi connectivity index (χ1v) is 4.41. The van der Waals surface area contributed by atoms with E-state index in [9.17, 15) is 9.59 Å². The number of carbonyl (C=O) groups excluding carboxylic acids is 2. The summed E-state index contributed by atoms with van der Waals surface area (Å²) in [6, 6.07) is -0.286. The molecule has 1 heterocycles. The van der Waals surface area contributed by atoms with E-state index in [0.29, 0.717) is 13.0 Å². The molecule has 1 aliphatic rings. The minimum Gasteiger partial charge on any atom is -0.370 e. The Morgan fingerprint density at radius 3 is 2.85 bits per heavy atom. The zero-order chi connectivity index (χ0) is 9.84. The Kier molecular flexibility index (Phi) is 3.25. The van der Waals surface area contributed by atoms with Crippen LogP contribution in [0, 0.1) is 5.92 Å². The van der Waals surface area contributed by atoms with E-state index in [-0.39, 0.29) is 24.3 Å². The van der Waals surface area contributed by atoms with Gasteiger partial charge >= 0.3 is 0 Å². The average Bonchev–Trinajstić information content (AvgIpc) is 2.34. The molecule has 0 aromatic rings. The number of carbonyl (C=O) groups is 2. The second-order valence-corrected chi connectivity index (χ2v) is 3.44. The number of primary amides is 1. The van der Waals surface area contributed by atoms with Crippen molar-refractivity contribution in [3.05, 3.63) is 0 Å². The first kappa shape index (κ1) is 9.98. The topological polar surface area (TPSA) is 98.2 Å². The second-order valence-electron chi connectivity index (χ2n) is 3.44. The highest BCUT2D eigenvalue weighted by Gasteiger charge is 2.26. The number of amides is 2. The van der Waals surface area contributed by atoms with Crippen LogP contribution in [-0.4, -0.2) is 24.4 Å². The van der Waals surface area contributed by atoms with Crippen LogP contribution in [0.2, 0.25) is 0 Å². The van der Waals surface area contributed by atoms with E-state index in [1.165, 1.54) is 0 Å². The molecule has 0 aliphatic carbocycles. The quantitative estimate of drug-likeness (QED) is 0.508. The molecular formula is C8H15N3O2. The van der Waals surface area contributed by atoms with E-state index in [1.54, 1.807) is 0 Å². The first-order chi connectivity index (χ1) is 6.09. The monoisotopic (exact) mass is 185 g/mol. The van der Waals surface area contributed by atoms with Crippen LogP contribution >= 0.6 is 0 Å². The molecule has 5 nitrogen and oxygen atoms in total. The third-order valence-electron chi connectivity index (χ3n) is 2.21. The minimum atomic E-state index is -0.411. The van der Waals surface area contributed by atoms with Crippen molar-refractivity contribution in [3.63, 3.8) is 0 Å². The summed E-state index contributed by atoms with van der Waals surface area (Å²) >= 11 is 0. The van der Waals surface area contributed by atoms with E-state index in [1.807, 2.05) is 0 Å². The second kappa shape index (κ2) is 4.23. The number of hydrogen-bond donors (Lipinski definition) is 3. The van der Waals surface area contributed by atoms with Gasteiger partial charge in [-0.15, -0.1) is 0 Å². The summed E-state index contributed by atoms with van der Waals surface area (Å²) < 4.78 is 0. The molecule has 5 heteroatoms. The summed E-state index contributed by atoms with van der Waals surface area (Å²) in [4.78, 5) is 21.6. The van der Waals surface area contributed by atoms with Gasteiger partial charge in [0.15, 0.2) is 0 Å². The van der Waals surface area contributed by atoms with E-state index < -0.39 is 5.91 Å². The van der Waals surface area contributed by atoms with Gasteiger partial charge in [-0.2, -0.15) is 0 Å². The Hall–Kier alpha value is -1.10. The highest BCUT2D eigenvalue weighted by molar-refractivity contribution is 5.80. The maximum Gasteiger partial charge on any atom is 0.223 e. The number of nitrogens with two attached hydrogens (primary N) is 2. The van der Waals surface area contributed by atoms with Gasteiger partial charge in [-0.25, -0.2) is 0 Å². The molecule has 1 saturated heterocycles. The summed E-state index contributed by atoms with van der Waals surface area (Å²) in [5.41, 5.74) is 10.6. The largest absolute Gasteiger partial charge is 0.370 e. The third-order valence-corrected chi connectivity index (χ3v) is 2.21. The Balaban J connectivity index is 2.30. The zero-order valence-electron chi connectivity index (χ0n) is 7.45. The number of hydrogen-bond acceptors (Lipinski definition) is 3. The van der Waals surface area contributed by atoms with Gasteiger partial charge in [0.2, 0.25) is 11.8 Å². The molecule has 0 bridgehead atoms. The lowest BCUT2D eigenvalue weighted by molar-refractivity contribution is -0.123. The highest BCUT2D eigenvalue weighted by Crippen LogP contribution is 2.16. The molecule has 0 aromatic carbocycles. The van der Waals surface area contributed by atoms with Gasteiger partial charge in [-0.3, -0.25) is 9.59 Å². The Morgan fingerprint density at radius 1 is 1.69 bits per heavy atom. The summed E-state index contributed by atoms with van der Waals surface area (Å²) in [6.07, 6.45) is 1.52. The van der Waals surface area contributed by atoms with Gasteiger partial charge in [-0.1, -0.05) is 0 Å². The van der Waals surface area contributed by atoms with E-state index in [2.05, 4.69) is 5.32 Å².